The molecule has 1 aliphatic rings. The van der Waals surface area contributed by atoms with Gasteiger partial charge in [-0.3, -0.25) is 14.3 Å². The zero-order valence-electron chi connectivity index (χ0n) is 9.51. The van der Waals surface area contributed by atoms with Crippen molar-refractivity contribution >= 4 is 11.7 Å². The van der Waals surface area contributed by atoms with E-state index in [-0.39, 0.29) is 17.6 Å². The minimum absolute atomic E-state index is 0.0542. The molecular weight excluding hydrogens is 206 g/mol. The van der Waals surface area contributed by atoms with E-state index in [1.807, 2.05) is 6.92 Å². The number of likely N-dealkylation sites (tertiary alicyclic amines) is 1. The fraction of sp³-hybridized carbons (Fsp3) is 0.545. The average molecular weight is 221 g/mol. The van der Waals surface area contributed by atoms with Crippen molar-refractivity contribution in [1.82, 2.24) is 14.7 Å². The lowest BCUT2D eigenvalue weighted by atomic mass is 9.98. The summed E-state index contributed by atoms with van der Waals surface area (Å²) in [7, 11) is 1.78. The van der Waals surface area contributed by atoms with E-state index in [9.17, 15) is 9.59 Å². The lowest BCUT2D eigenvalue weighted by Gasteiger charge is -2.29. The highest BCUT2D eigenvalue weighted by Gasteiger charge is 2.28. The van der Waals surface area contributed by atoms with Crippen LogP contribution in [-0.4, -0.2) is 39.5 Å². The van der Waals surface area contributed by atoms with Crippen LogP contribution in [0.3, 0.4) is 0 Å². The quantitative estimate of drug-likeness (QED) is 0.692. The molecule has 1 aromatic heterocycles. The van der Waals surface area contributed by atoms with E-state index in [0.717, 1.165) is 0 Å². The van der Waals surface area contributed by atoms with Gasteiger partial charge in [-0.2, -0.15) is 5.10 Å². The van der Waals surface area contributed by atoms with E-state index in [0.29, 0.717) is 25.2 Å². The summed E-state index contributed by atoms with van der Waals surface area (Å²) in [4.78, 5) is 25.1. The van der Waals surface area contributed by atoms with Crippen molar-refractivity contribution in [3.63, 3.8) is 0 Å². The van der Waals surface area contributed by atoms with Gasteiger partial charge in [-0.05, 0) is 6.07 Å². The molecule has 1 saturated heterocycles. The molecule has 1 aliphatic heterocycles. The number of carbonyl (C=O) groups is 2. The third kappa shape index (κ3) is 1.98. The van der Waals surface area contributed by atoms with E-state index < -0.39 is 0 Å². The summed E-state index contributed by atoms with van der Waals surface area (Å²) in [6.45, 7) is 2.88. The van der Waals surface area contributed by atoms with Crippen LogP contribution in [0.25, 0.3) is 0 Å². The number of piperidine rings is 1. The van der Waals surface area contributed by atoms with Crippen molar-refractivity contribution in [2.24, 2.45) is 13.0 Å². The Kier molecular flexibility index (Phi) is 2.77. The highest BCUT2D eigenvalue weighted by atomic mass is 16.2. The first kappa shape index (κ1) is 10.9. The number of hydrogen-bond acceptors (Lipinski definition) is 3. The zero-order valence-corrected chi connectivity index (χ0v) is 9.51. The van der Waals surface area contributed by atoms with E-state index in [1.54, 1.807) is 28.9 Å². The van der Waals surface area contributed by atoms with Gasteiger partial charge < -0.3 is 4.90 Å². The summed E-state index contributed by atoms with van der Waals surface area (Å²) in [5.41, 5.74) is 0.448. The minimum atomic E-state index is -0.0834. The van der Waals surface area contributed by atoms with Gasteiger partial charge in [0.25, 0.3) is 5.91 Å². The molecule has 0 radical (unpaired) electrons. The first-order valence-corrected chi connectivity index (χ1v) is 5.39. The van der Waals surface area contributed by atoms with Gasteiger partial charge in [0.1, 0.15) is 11.5 Å². The molecule has 5 nitrogen and oxygen atoms in total. The lowest BCUT2D eigenvalue weighted by molar-refractivity contribution is -0.124. The Morgan fingerprint density at radius 3 is 2.88 bits per heavy atom. The minimum Gasteiger partial charge on any atom is -0.336 e. The third-order valence-corrected chi connectivity index (χ3v) is 2.89. The Morgan fingerprint density at radius 2 is 2.31 bits per heavy atom. The van der Waals surface area contributed by atoms with Crippen molar-refractivity contribution in [3.8, 4) is 0 Å². The molecule has 1 aromatic rings. The molecule has 1 fully saturated rings. The first-order chi connectivity index (χ1) is 7.58. The van der Waals surface area contributed by atoms with Crippen LogP contribution in [0.15, 0.2) is 12.3 Å². The molecule has 0 aromatic carbocycles. The van der Waals surface area contributed by atoms with Crippen LogP contribution in [0.4, 0.5) is 0 Å². The van der Waals surface area contributed by atoms with Crippen molar-refractivity contribution < 1.29 is 9.59 Å². The van der Waals surface area contributed by atoms with Gasteiger partial charge in [0.2, 0.25) is 0 Å². The van der Waals surface area contributed by atoms with Crippen LogP contribution in [-0.2, 0) is 11.8 Å². The largest absolute Gasteiger partial charge is 0.336 e. The summed E-state index contributed by atoms with van der Waals surface area (Å²) in [6.07, 6.45) is 2.20. The van der Waals surface area contributed by atoms with Crippen LogP contribution in [0.5, 0.6) is 0 Å². The molecule has 16 heavy (non-hydrogen) atoms. The molecule has 1 amide bonds. The molecule has 0 bridgehead atoms. The number of ketones is 1. The highest BCUT2D eigenvalue weighted by molar-refractivity contribution is 5.94. The Balaban J connectivity index is 2.08. The number of aromatic nitrogens is 2. The predicted octanol–water partition coefficient (Wildman–Crippen LogP) is 0.471. The molecule has 1 atom stereocenters. The molecular formula is C11H15N3O2. The Hall–Kier alpha value is -1.65. The van der Waals surface area contributed by atoms with Crippen molar-refractivity contribution in [1.29, 1.82) is 0 Å². The monoisotopic (exact) mass is 221 g/mol. The molecule has 5 heteroatoms. The Bertz CT molecular complexity index is 425. The van der Waals surface area contributed by atoms with Gasteiger partial charge in [0.15, 0.2) is 0 Å². The van der Waals surface area contributed by atoms with Crippen molar-refractivity contribution in [2.45, 2.75) is 13.3 Å². The third-order valence-electron chi connectivity index (χ3n) is 2.89. The molecule has 0 saturated carbocycles. The van der Waals surface area contributed by atoms with E-state index in [1.165, 1.54) is 0 Å². The molecule has 0 aliphatic carbocycles. The van der Waals surface area contributed by atoms with Crippen molar-refractivity contribution in [3.05, 3.63) is 18.0 Å². The summed E-state index contributed by atoms with van der Waals surface area (Å²) in [5.74, 6) is 0.103. The standard InChI is InChI=1S/C11H15N3O2/c1-8-7-14(6-4-10(8)15)11(16)9-3-5-13(2)12-9/h3,5,8H,4,6-7H2,1-2H3. The van der Waals surface area contributed by atoms with Crippen LogP contribution < -0.4 is 0 Å². The maximum atomic E-state index is 12.0. The normalized spacial score (nSPS) is 21.2. The maximum absolute atomic E-state index is 12.0. The summed E-state index contributed by atoms with van der Waals surface area (Å²) >= 11 is 0. The van der Waals surface area contributed by atoms with Gasteiger partial charge in [0, 0.05) is 38.7 Å². The smallest absolute Gasteiger partial charge is 0.274 e. The second kappa shape index (κ2) is 4.08. The van der Waals surface area contributed by atoms with Crippen LogP contribution >= 0.6 is 0 Å². The summed E-state index contributed by atoms with van der Waals surface area (Å²) in [5, 5.41) is 4.07. The Labute approximate surface area is 94.0 Å². The Morgan fingerprint density at radius 1 is 1.56 bits per heavy atom. The van der Waals surface area contributed by atoms with Gasteiger partial charge >= 0.3 is 0 Å². The first-order valence-electron chi connectivity index (χ1n) is 5.39. The average Bonchev–Trinajstić information content (AvgIpc) is 2.68. The van der Waals surface area contributed by atoms with Gasteiger partial charge in [0.05, 0.1) is 0 Å². The molecule has 2 rings (SSSR count). The fourth-order valence-corrected chi connectivity index (χ4v) is 1.89. The van der Waals surface area contributed by atoms with Gasteiger partial charge in [-0.15, -0.1) is 0 Å². The fourth-order valence-electron chi connectivity index (χ4n) is 1.89. The molecule has 0 spiro atoms. The number of amides is 1. The molecule has 86 valence electrons. The maximum Gasteiger partial charge on any atom is 0.274 e. The SMILES string of the molecule is CC1CN(C(=O)c2ccn(C)n2)CCC1=O. The lowest BCUT2D eigenvalue weighted by Crippen LogP contribution is -2.43. The number of aryl methyl sites for hydroxylation is 1. The number of rotatable bonds is 1. The number of hydrogen-bond donors (Lipinski definition) is 0. The second-order valence-corrected chi connectivity index (χ2v) is 4.24. The van der Waals surface area contributed by atoms with Crippen molar-refractivity contribution in [2.75, 3.05) is 13.1 Å². The highest BCUT2D eigenvalue weighted by Crippen LogP contribution is 2.14. The number of Topliss-reactive ketones (excluding diaryl/α,β-unsaturated/α-hetero) is 1. The van der Waals surface area contributed by atoms with Crippen LogP contribution in [0.2, 0.25) is 0 Å². The zero-order chi connectivity index (χ0) is 11.7. The number of nitrogens with zero attached hydrogens (tertiary/aromatic N) is 3. The predicted molar refractivity (Wildman–Crippen MR) is 57.9 cm³/mol. The van der Waals surface area contributed by atoms with Crippen LogP contribution in [0.1, 0.15) is 23.8 Å². The molecule has 0 N–H and O–H groups in total. The van der Waals surface area contributed by atoms with Crippen LogP contribution in [0, 0.1) is 5.92 Å². The van der Waals surface area contributed by atoms with Gasteiger partial charge in [-0.1, -0.05) is 6.92 Å². The van der Waals surface area contributed by atoms with Gasteiger partial charge in [-0.25, -0.2) is 0 Å². The van der Waals surface area contributed by atoms with E-state index in [4.69, 9.17) is 0 Å². The summed E-state index contributed by atoms with van der Waals surface area (Å²) in [6, 6.07) is 1.70. The number of carbonyl (C=O) groups excluding carboxylic acids is 2. The summed E-state index contributed by atoms with van der Waals surface area (Å²) < 4.78 is 1.60. The molecule has 2 heterocycles. The topological polar surface area (TPSA) is 55.2 Å². The second-order valence-electron chi connectivity index (χ2n) is 4.24. The van der Waals surface area contributed by atoms with E-state index in [2.05, 4.69) is 5.10 Å². The van der Waals surface area contributed by atoms with E-state index >= 15 is 0 Å². The molecule has 1 unspecified atom stereocenters.